The van der Waals surface area contributed by atoms with E-state index in [1.807, 2.05) is 13.1 Å². The predicted octanol–water partition coefficient (Wildman–Crippen LogP) is 3.34. The average molecular weight is 485 g/mol. The van der Waals surface area contributed by atoms with Crippen molar-refractivity contribution in [2.45, 2.75) is 25.8 Å². The number of nitrogens with one attached hydrogen (secondary N) is 2. The second kappa shape index (κ2) is 9.83. The first-order valence-electron chi connectivity index (χ1n) is 11.5. The minimum absolute atomic E-state index is 0.213. The number of ether oxygens (including phenoxy) is 1. The third-order valence-corrected chi connectivity index (χ3v) is 7.46. The Kier molecular flexibility index (Phi) is 6.64. The number of β-amino-alcohol motifs (C(OH)–C–C–N with tert-alkyl or cyclic N) is 1. The molecule has 3 N–H and O–H groups in total. The molecule has 3 aromatic rings. The first-order chi connectivity index (χ1) is 16.6. The summed E-state index contributed by atoms with van der Waals surface area (Å²) in [4.78, 5) is 12.7. The number of benzene rings is 1. The lowest BCUT2D eigenvalue weighted by Gasteiger charge is -2.36. The number of aryl methyl sites for hydroxylation is 1. The molecule has 1 aromatic carbocycles. The number of anilines is 1. The summed E-state index contributed by atoms with van der Waals surface area (Å²) in [7, 11) is 1.55. The Bertz CT molecular complexity index is 1210. The highest BCUT2D eigenvalue weighted by Crippen LogP contribution is 2.41. The van der Waals surface area contributed by atoms with Crippen LogP contribution in [0.25, 0.3) is 21.3 Å². The van der Waals surface area contributed by atoms with E-state index >= 15 is 0 Å². The fraction of sp³-hybridized carbons (Fsp3) is 0.417. The van der Waals surface area contributed by atoms with Crippen LogP contribution in [0.4, 0.5) is 10.3 Å². The van der Waals surface area contributed by atoms with Crippen molar-refractivity contribution in [3.63, 3.8) is 0 Å². The van der Waals surface area contributed by atoms with Gasteiger partial charge in [0.05, 0.1) is 42.4 Å². The van der Waals surface area contributed by atoms with Gasteiger partial charge in [0.25, 0.3) is 0 Å². The molecular weight excluding hydrogens is 455 g/mol. The van der Waals surface area contributed by atoms with E-state index in [2.05, 4.69) is 31.8 Å². The summed E-state index contributed by atoms with van der Waals surface area (Å²) in [6.07, 6.45) is 6.04. The topological polar surface area (TPSA) is 85.8 Å². The van der Waals surface area contributed by atoms with Gasteiger partial charge in [-0.15, -0.1) is 11.3 Å². The van der Waals surface area contributed by atoms with Crippen molar-refractivity contribution in [2.24, 2.45) is 0 Å². The predicted molar refractivity (Wildman–Crippen MR) is 132 cm³/mol. The highest BCUT2D eigenvalue weighted by Gasteiger charge is 2.26. The minimum atomic E-state index is -0.334. The van der Waals surface area contributed by atoms with Crippen molar-refractivity contribution in [1.29, 1.82) is 0 Å². The molecule has 4 heterocycles. The van der Waals surface area contributed by atoms with Crippen molar-refractivity contribution < 1.29 is 14.2 Å². The molecule has 2 aromatic heterocycles. The monoisotopic (exact) mass is 484 g/mol. The number of aliphatic hydroxyl groups excluding tert-OH is 1. The molecule has 1 fully saturated rings. The van der Waals surface area contributed by atoms with Crippen molar-refractivity contribution >= 4 is 27.5 Å². The van der Waals surface area contributed by atoms with Gasteiger partial charge in [-0.3, -0.25) is 0 Å². The number of aliphatic hydroxyl groups is 1. The summed E-state index contributed by atoms with van der Waals surface area (Å²) in [5.74, 6) is 0.679. The molecule has 0 radical (unpaired) electrons. The van der Waals surface area contributed by atoms with Crippen LogP contribution in [0.15, 0.2) is 36.3 Å². The number of thiophene rings is 1. The van der Waals surface area contributed by atoms with Gasteiger partial charge in [0.1, 0.15) is 11.6 Å². The molecule has 10 heteroatoms. The molecule has 0 atom stereocenters. The molecule has 34 heavy (non-hydrogen) atoms. The van der Waals surface area contributed by atoms with Crippen molar-refractivity contribution in [1.82, 2.24) is 25.3 Å². The molecule has 2 aliphatic rings. The van der Waals surface area contributed by atoms with E-state index in [4.69, 9.17) is 14.8 Å². The number of piperidine rings is 1. The van der Waals surface area contributed by atoms with Crippen molar-refractivity contribution in [3.8, 4) is 16.9 Å². The average Bonchev–Trinajstić information content (AvgIpc) is 3.43. The number of nitrogens with zero attached hydrogens (tertiary/aromatic N) is 4. The third kappa shape index (κ3) is 4.58. The fourth-order valence-electron chi connectivity index (χ4n) is 4.71. The number of halogens is 1. The van der Waals surface area contributed by atoms with Gasteiger partial charge >= 0.3 is 0 Å². The van der Waals surface area contributed by atoms with Gasteiger partial charge in [0.2, 0.25) is 5.95 Å². The second-order valence-corrected chi connectivity index (χ2v) is 9.86. The lowest BCUT2D eigenvalue weighted by atomic mass is 10.0. The van der Waals surface area contributed by atoms with Gasteiger partial charge in [0, 0.05) is 53.9 Å². The molecular formula is C24H29FN6O2S. The number of likely N-dealkylation sites (tertiary alicyclic amines) is 1. The zero-order valence-corrected chi connectivity index (χ0v) is 20.2. The number of aromatic nitrogens is 2. The van der Waals surface area contributed by atoms with Crippen LogP contribution in [0.5, 0.6) is 5.75 Å². The van der Waals surface area contributed by atoms with E-state index in [9.17, 15) is 4.39 Å². The van der Waals surface area contributed by atoms with Gasteiger partial charge < -0.3 is 25.1 Å². The Labute approximate surface area is 202 Å². The molecule has 0 bridgehead atoms. The molecule has 2 aliphatic heterocycles. The van der Waals surface area contributed by atoms with Crippen LogP contribution >= 0.6 is 11.3 Å². The van der Waals surface area contributed by atoms with Gasteiger partial charge in [-0.2, -0.15) is 0 Å². The minimum Gasteiger partial charge on any atom is -0.496 e. The number of hydrogen-bond acceptors (Lipinski definition) is 9. The summed E-state index contributed by atoms with van der Waals surface area (Å²) in [6.45, 7) is 5.66. The van der Waals surface area contributed by atoms with E-state index in [0.717, 1.165) is 64.4 Å². The maximum Gasteiger partial charge on any atom is 0.227 e. The lowest BCUT2D eigenvalue weighted by molar-refractivity contribution is 0.105. The molecule has 0 saturated carbocycles. The van der Waals surface area contributed by atoms with Crippen LogP contribution in [0, 0.1) is 12.7 Å². The maximum absolute atomic E-state index is 13.8. The fourth-order valence-corrected chi connectivity index (χ4v) is 5.70. The van der Waals surface area contributed by atoms with E-state index in [1.165, 1.54) is 12.1 Å². The summed E-state index contributed by atoms with van der Waals surface area (Å²) >= 11 is 1.61. The highest BCUT2D eigenvalue weighted by atomic mass is 32.1. The Morgan fingerprint density at radius 3 is 2.91 bits per heavy atom. The van der Waals surface area contributed by atoms with Crippen LogP contribution in [-0.4, -0.2) is 70.9 Å². The molecule has 0 amide bonds. The number of fused-ring (bicyclic) bond motifs is 1. The van der Waals surface area contributed by atoms with Gasteiger partial charge in [-0.25, -0.2) is 19.8 Å². The molecule has 5 rings (SSSR count). The first-order valence-corrected chi connectivity index (χ1v) is 12.3. The van der Waals surface area contributed by atoms with Gasteiger partial charge in [-0.1, -0.05) is 0 Å². The van der Waals surface area contributed by atoms with Crippen molar-refractivity contribution in [3.05, 3.63) is 47.0 Å². The molecule has 0 aliphatic carbocycles. The quantitative estimate of drug-likeness (QED) is 0.471. The van der Waals surface area contributed by atoms with Gasteiger partial charge in [0.15, 0.2) is 0 Å². The first kappa shape index (κ1) is 23.0. The number of hydrazine groups is 1. The van der Waals surface area contributed by atoms with Gasteiger partial charge in [-0.05, 0) is 31.9 Å². The summed E-state index contributed by atoms with van der Waals surface area (Å²) in [5.41, 5.74) is 7.03. The van der Waals surface area contributed by atoms with Crippen LogP contribution in [0.3, 0.4) is 0 Å². The number of rotatable bonds is 7. The van der Waals surface area contributed by atoms with Crippen LogP contribution in [0.2, 0.25) is 0 Å². The van der Waals surface area contributed by atoms with Crippen LogP contribution in [0.1, 0.15) is 17.7 Å². The SMILES string of the molecule is COc1cc(F)ccc1-c1c(C)sc2cnc(NC3=CN(C4CCN(CCO)CC4)NC3)nc12. The maximum atomic E-state index is 13.8. The van der Waals surface area contributed by atoms with Crippen LogP contribution in [-0.2, 0) is 0 Å². The van der Waals surface area contributed by atoms with Crippen molar-refractivity contribution in [2.75, 3.05) is 45.2 Å². The zero-order chi connectivity index (χ0) is 23.7. The molecule has 180 valence electrons. The number of hydrogen-bond donors (Lipinski definition) is 3. The van der Waals surface area contributed by atoms with E-state index in [1.54, 1.807) is 24.5 Å². The number of methoxy groups -OCH3 is 1. The smallest absolute Gasteiger partial charge is 0.227 e. The largest absolute Gasteiger partial charge is 0.496 e. The molecule has 1 saturated heterocycles. The lowest BCUT2D eigenvalue weighted by Crippen LogP contribution is -2.46. The van der Waals surface area contributed by atoms with Crippen LogP contribution < -0.4 is 15.5 Å². The Morgan fingerprint density at radius 2 is 2.15 bits per heavy atom. The Morgan fingerprint density at radius 1 is 1.32 bits per heavy atom. The zero-order valence-electron chi connectivity index (χ0n) is 19.3. The Hall–Kier alpha value is -2.79. The third-order valence-electron chi connectivity index (χ3n) is 6.43. The Balaban J connectivity index is 1.36. The molecule has 0 spiro atoms. The molecule has 0 unspecified atom stereocenters. The van der Waals surface area contributed by atoms with E-state index in [0.29, 0.717) is 24.3 Å². The van der Waals surface area contributed by atoms with E-state index < -0.39 is 0 Å². The standard InChI is InChI=1S/C24H29FN6O2S/c1-15-22(19-4-3-16(25)11-20(19)33-2)23-21(34-15)13-26-24(29-23)28-17-12-27-31(14-17)18-5-7-30(8-6-18)9-10-32/h3-4,11,13-14,18,27,32H,5-10,12H2,1-2H3,(H,26,28,29). The second-order valence-electron chi connectivity index (χ2n) is 8.60. The highest BCUT2D eigenvalue weighted by molar-refractivity contribution is 7.19. The summed E-state index contributed by atoms with van der Waals surface area (Å²) in [6, 6.07) is 5.01. The summed E-state index contributed by atoms with van der Waals surface area (Å²) in [5, 5.41) is 14.7. The van der Waals surface area contributed by atoms with E-state index in [-0.39, 0.29) is 12.4 Å². The normalized spacial score (nSPS) is 17.4. The summed E-state index contributed by atoms with van der Waals surface area (Å²) < 4.78 is 20.2. The molecule has 8 nitrogen and oxygen atoms in total.